The van der Waals surface area contributed by atoms with E-state index in [0.717, 1.165) is 30.6 Å². The Balaban J connectivity index is 1.99. The number of carbonyl (C=O) groups excluding carboxylic acids is 2. The number of nitrogens with one attached hydrogen (secondary N) is 3. The maximum Gasteiger partial charge on any atom is 0.251 e. The fraction of sp³-hybridized carbons (Fsp3) is 0.529. The first-order valence-corrected chi connectivity index (χ1v) is 7.90. The molecule has 1 unspecified atom stereocenters. The van der Waals surface area contributed by atoms with Crippen molar-refractivity contribution < 1.29 is 9.59 Å². The van der Waals surface area contributed by atoms with Gasteiger partial charge in [-0.2, -0.15) is 0 Å². The van der Waals surface area contributed by atoms with Crippen LogP contribution in [-0.4, -0.2) is 30.9 Å². The molecule has 0 bridgehead atoms. The predicted octanol–water partition coefficient (Wildman–Crippen LogP) is 2.07. The second-order valence-electron chi connectivity index (χ2n) is 6.27. The van der Waals surface area contributed by atoms with Crippen LogP contribution in [0, 0.1) is 12.8 Å². The highest BCUT2D eigenvalue weighted by Gasteiger charge is 2.22. The zero-order valence-corrected chi connectivity index (χ0v) is 13.5. The number of hydrogen-bond acceptors (Lipinski definition) is 3. The first kappa shape index (κ1) is 16.5. The van der Waals surface area contributed by atoms with Crippen LogP contribution in [0.4, 0.5) is 5.69 Å². The summed E-state index contributed by atoms with van der Waals surface area (Å²) < 4.78 is 0. The molecule has 22 heavy (non-hydrogen) atoms. The zero-order chi connectivity index (χ0) is 16.1. The minimum Gasteiger partial charge on any atom is -0.352 e. The van der Waals surface area contributed by atoms with Crippen LogP contribution in [-0.2, 0) is 4.79 Å². The first-order chi connectivity index (χ1) is 10.5. The normalized spacial score (nSPS) is 17.5. The third-order valence-corrected chi connectivity index (χ3v) is 3.79. The van der Waals surface area contributed by atoms with Crippen LogP contribution < -0.4 is 16.0 Å². The Hall–Kier alpha value is -1.88. The molecule has 0 radical (unpaired) electrons. The number of anilines is 1. The van der Waals surface area contributed by atoms with Crippen molar-refractivity contribution >= 4 is 17.5 Å². The Morgan fingerprint density at radius 3 is 2.73 bits per heavy atom. The number of carbonyl (C=O) groups is 2. The van der Waals surface area contributed by atoms with Gasteiger partial charge in [0, 0.05) is 17.8 Å². The standard InChI is InChI=1S/C17H25N3O2/c1-11(2)10-19-16(21)13-6-7-14(12(3)9-13)20-17(22)15-5-4-8-18-15/h6-7,9,11,15,18H,4-5,8,10H2,1-3H3,(H,19,21)(H,20,22). The fourth-order valence-electron chi connectivity index (χ4n) is 2.47. The summed E-state index contributed by atoms with van der Waals surface area (Å²) in [6.07, 6.45) is 1.91. The van der Waals surface area contributed by atoms with Crippen LogP contribution in [0.25, 0.3) is 0 Å². The molecular weight excluding hydrogens is 278 g/mol. The molecule has 0 aromatic heterocycles. The quantitative estimate of drug-likeness (QED) is 0.780. The fourth-order valence-corrected chi connectivity index (χ4v) is 2.47. The number of rotatable bonds is 5. The molecule has 0 saturated carbocycles. The summed E-state index contributed by atoms with van der Waals surface area (Å²) in [6, 6.07) is 5.26. The molecule has 1 atom stereocenters. The molecule has 3 N–H and O–H groups in total. The molecule has 0 spiro atoms. The van der Waals surface area contributed by atoms with E-state index in [1.54, 1.807) is 12.1 Å². The highest BCUT2D eigenvalue weighted by Crippen LogP contribution is 2.18. The van der Waals surface area contributed by atoms with Gasteiger partial charge >= 0.3 is 0 Å². The maximum atomic E-state index is 12.1. The molecule has 0 aliphatic carbocycles. The largest absolute Gasteiger partial charge is 0.352 e. The van der Waals surface area contributed by atoms with E-state index in [1.807, 2.05) is 13.0 Å². The molecule has 120 valence electrons. The van der Waals surface area contributed by atoms with Crippen LogP contribution in [0.5, 0.6) is 0 Å². The van der Waals surface area contributed by atoms with E-state index in [-0.39, 0.29) is 17.9 Å². The van der Waals surface area contributed by atoms with Crippen molar-refractivity contribution in [3.05, 3.63) is 29.3 Å². The van der Waals surface area contributed by atoms with Gasteiger partial charge in [0.25, 0.3) is 5.91 Å². The molecule has 1 fully saturated rings. The number of aryl methyl sites for hydroxylation is 1. The Bertz CT molecular complexity index is 549. The van der Waals surface area contributed by atoms with Gasteiger partial charge in [-0.1, -0.05) is 13.8 Å². The van der Waals surface area contributed by atoms with Crippen LogP contribution in [0.15, 0.2) is 18.2 Å². The molecule has 2 rings (SSSR count). The van der Waals surface area contributed by atoms with Crippen molar-refractivity contribution in [1.29, 1.82) is 0 Å². The summed E-state index contributed by atoms with van der Waals surface area (Å²) in [5.74, 6) is 0.340. The van der Waals surface area contributed by atoms with Gasteiger partial charge in [0.15, 0.2) is 0 Å². The average molecular weight is 303 g/mol. The minimum absolute atomic E-state index is 0.00221. The first-order valence-electron chi connectivity index (χ1n) is 7.90. The van der Waals surface area contributed by atoms with E-state index in [2.05, 4.69) is 29.8 Å². The molecule has 1 aliphatic heterocycles. The van der Waals surface area contributed by atoms with Gasteiger partial charge in [-0.25, -0.2) is 0 Å². The SMILES string of the molecule is Cc1cc(C(=O)NCC(C)C)ccc1NC(=O)C1CCCN1. The monoisotopic (exact) mass is 303 g/mol. The summed E-state index contributed by atoms with van der Waals surface area (Å²) in [5.41, 5.74) is 2.28. The van der Waals surface area contributed by atoms with E-state index in [1.165, 1.54) is 0 Å². The lowest BCUT2D eigenvalue weighted by Gasteiger charge is -2.14. The van der Waals surface area contributed by atoms with E-state index in [4.69, 9.17) is 0 Å². The van der Waals surface area contributed by atoms with Crippen molar-refractivity contribution in [1.82, 2.24) is 10.6 Å². The Kier molecular flexibility index (Phi) is 5.55. The lowest BCUT2D eigenvalue weighted by molar-refractivity contribution is -0.117. The van der Waals surface area contributed by atoms with Crippen LogP contribution in [0.2, 0.25) is 0 Å². The lowest BCUT2D eigenvalue weighted by Crippen LogP contribution is -2.35. The van der Waals surface area contributed by atoms with Gasteiger partial charge in [-0.15, -0.1) is 0 Å². The number of benzene rings is 1. The van der Waals surface area contributed by atoms with Gasteiger partial charge in [0.2, 0.25) is 5.91 Å². The van der Waals surface area contributed by atoms with Gasteiger partial charge in [0.05, 0.1) is 6.04 Å². The Morgan fingerprint density at radius 2 is 2.14 bits per heavy atom. The highest BCUT2D eigenvalue weighted by atomic mass is 16.2. The second-order valence-corrected chi connectivity index (χ2v) is 6.27. The predicted molar refractivity (Wildman–Crippen MR) is 88.0 cm³/mol. The van der Waals surface area contributed by atoms with E-state index in [9.17, 15) is 9.59 Å². The number of amides is 2. The third-order valence-electron chi connectivity index (χ3n) is 3.79. The Labute approximate surface area is 131 Å². The third kappa shape index (κ3) is 4.31. The molecule has 5 nitrogen and oxygen atoms in total. The summed E-state index contributed by atoms with van der Waals surface area (Å²) in [6.45, 7) is 7.56. The van der Waals surface area contributed by atoms with Crippen LogP contribution in [0.1, 0.15) is 42.6 Å². The van der Waals surface area contributed by atoms with Gasteiger partial charge in [0.1, 0.15) is 0 Å². The van der Waals surface area contributed by atoms with Crippen molar-refractivity contribution in [2.45, 2.75) is 39.7 Å². The highest BCUT2D eigenvalue weighted by molar-refractivity contribution is 5.98. The molecule has 1 aliphatic rings. The molecule has 1 aromatic carbocycles. The summed E-state index contributed by atoms with van der Waals surface area (Å²) in [7, 11) is 0. The van der Waals surface area contributed by atoms with Gasteiger partial charge < -0.3 is 16.0 Å². The lowest BCUT2D eigenvalue weighted by atomic mass is 10.1. The summed E-state index contributed by atoms with van der Waals surface area (Å²) in [5, 5.41) is 9.01. The van der Waals surface area contributed by atoms with E-state index >= 15 is 0 Å². The zero-order valence-electron chi connectivity index (χ0n) is 13.5. The van der Waals surface area contributed by atoms with Crippen molar-refractivity contribution in [2.75, 3.05) is 18.4 Å². The van der Waals surface area contributed by atoms with Crippen molar-refractivity contribution in [2.24, 2.45) is 5.92 Å². The van der Waals surface area contributed by atoms with E-state index < -0.39 is 0 Å². The molecular formula is C17H25N3O2. The van der Waals surface area contributed by atoms with Crippen LogP contribution in [0.3, 0.4) is 0 Å². The van der Waals surface area contributed by atoms with Crippen molar-refractivity contribution in [3.8, 4) is 0 Å². The second kappa shape index (κ2) is 7.40. The Morgan fingerprint density at radius 1 is 1.36 bits per heavy atom. The van der Waals surface area contributed by atoms with E-state index in [0.29, 0.717) is 18.0 Å². The average Bonchev–Trinajstić information content (AvgIpc) is 3.01. The molecule has 1 heterocycles. The van der Waals surface area contributed by atoms with Gasteiger partial charge in [-0.3, -0.25) is 9.59 Å². The topological polar surface area (TPSA) is 70.2 Å². The minimum atomic E-state index is -0.103. The number of hydrogen-bond donors (Lipinski definition) is 3. The summed E-state index contributed by atoms with van der Waals surface area (Å²) >= 11 is 0. The van der Waals surface area contributed by atoms with Gasteiger partial charge in [-0.05, 0) is 56.0 Å². The molecule has 5 heteroatoms. The summed E-state index contributed by atoms with van der Waals surface area (Å²) in [4.78, 5) is 24.1. The van der Waals surface area contributed by atoms with Crippen molar-refractivity contribution in [3.63, 3.8) is 0 Å². The molecule has 1 saturated heterocycles. The molecule has 2 amide bonds. The van der Waals surface area contributed by atoms with Crippen LogP contribution >= 0.6 is 0 Å². The molecule has 1 aromatic rings. The maximum absolute atomic E-state index is 12.1. The smallest absolute Gasteiger partial charge is 0.251 e.